The van der Waals surface area contributed by atoms with Crippen LogP contribution in [0.3, 0.4) is 0 Å². The van der Waals surface area contributed by atoms with E-state index in [1.165, 1.54) is 0 Å². The molecule has 0 aliphatic heterocycles. The third-order valence-electron chi connectivity index (χ3n) is 2.41. The summed E-state index contributed by atoms with van der Waals surface area (Å²) in [6.07, 6.45) is 0.795. The lowest BCUT2D eigenvalue weighted by atomic mass is 10.2. The number of nitrogen functional groups attached to an aromatic ring is 1. The van der Waals surface area contributed by atoms with Crippen LogP contribution in [-0.4, -0.2) is 40.5 Å². The Bertz CT molecular complexity index is 472. The molecule has 5 nitrogen and oxygen atoms in total. The number of hydrogen-bond donors (Lipinski definition) is 2. The molecular weight excluding hydrogens is 250 g/mol. The van der Waals surface area contributed by atoms with E-state index >= 15 is 0 Å². The summed E-state index contributed by atoms with van der Waals surface area (Å²) in [5.41, 5.74) is 6.89. The molecule has 6 heteroatoms. The highest BCUT2D eigenvalue weighted by Gasteiger charge is 2.10. The van der Waals surface area contributed by atoms with Crippen molar-refractivity contribution in [3.8, 4) is 0 Å². The molecule has 0 aliphatic rings. The average molecular weight is 271 g/mol. The van der Waals surface area contributed by atoms with Crippen molar-refractivity contribution in [2.75, 3.05) is 32.9 Å². The quantitative estimate of drug-likeness (QED) is 0.564. The fraction of sp³-hybridized carbons (Fsp3) is 0.500. The number of anilines is 1. The highest BCUT2D eigenvalue weighted by molar-refractivity contribution is 7.88. The predicted octanol–water partition coefficient (Wildman–Crippen LogP) is 0.640. The summed E-state index contributed by atoms with van der Waals surface area (Å²) < 4.78 is 26.2. The lowest BCUT2D eigenvalue weighted by molar-refractivity contribution is 0.400. The molecule has 1 rings (SSSR count). The van der Waals surface area contributed by atoms with Gasteiger partial charge in [0.1, 0.15) is 0 Å². The summed E-state index contributed by atoms with van der Waals surface area (Å²) in [5.74, 6) is -0.0278. The van der Waals surface area contributed by atoms with Crippen LogP contribution in [0, 0.1) is 0 Å². The average Bonchev–Trinajstić information content (AvgIpc) is 2.23. The summed E-state index contributed by atoms with van der Waals surface area (Å²) in [6, 6.07) is 6.93. The molecule has 0 fully saturated rings. The van der Waals surface area contributed by atoms with Gasteiger partial charge in [0.25, 0.3) is 0 Å². The first kappa shape index (κ1) is 14.9. The number of sulfonamides is 1. The molecule has 18 heavy (non-hydrogen) atoms. The zero-order valence-electron chi connectivity index (χ0n) is 10.9. The maximum absolute atomic E-state index is 11.8. The summed E-state index contributed by atoms with van der Waals surface area (Å²) >= 11 is 0. The second-order valence-electron chi connectivity index (χ2n) is 4.56. The highest BCUT2D eigenvalue weighted by atomic mass is 32.2. The number of nitrogens with one attached hydrogen (secondary N) is 1. The van der Waals surface area contributed by atoms with E-state index < -0.39 is 10.0 Å². The molecular formula is C12H21N3O2S. The van der Waals surface area contributed by atoms with Gasteiger partial charge in [-0.25, -0.2) is 13.1 Å². The molecule has 0 atom stereocenters. The summed E-state index contributed by atoms with van der Waals surface area (Å²) in [7, 11) is 0.646. The van der Waals surface area contributed by atoms with Crippen molar-refractivity contribution in [2.24, 2.45) is 0 Å². The minimum atomic E-state index is -3.27. The van der Waals surface area contributed by atoms with Crippen molar-refractivity contribution in [2.45, 2.75) is 12.2 Å². The van der Waals surface area contributed by atoms with Crippen LogP contribution in [0.4, 0.5) is 5.69 Å². The molecule has 1 aromatic carbocycles. The van der Waals surface area contributed by atoms with Gasteiger partial charge < -0.3 is 10.6 Å². The molecule has 102 valence electrons. The fourth-order valence-electron chi connectivity index (χ4n) is 1.58. The monoisotopic (exact) mass is 271 g/mol. The third kappa shape index (κ3) is 6.00. The number of rotatable bonds is 7. The zero-order valence-corrected chi connectivity index (χ0v) is 11.7. The molecule has 0 spiro atoms. The standard InChI is InChI=1S/C12H21N3O2S/c1-15(2)8-4-7-14-18(16,17)10-11-5-3-6-12(13)9-11/h3,5-6,9,14H,4,7-8,10,13H2,1-2H3. The first-order valence-corrected chi connectivity index (χ1v) is 7.51. The molecule has 0 unspecified atom stereocenters. The van der Waals surface area contributed by atoms with E-state index in [0.717, 1.165) is 13.0 Å². The summed E-state index contributed by atoms with van der Waals surface area (Å²) in [5, 5.41) is 0. The van der Waals surface area contributed by atoms with Crippen LogP contribution in [0.1, 0.15) is 12.0 Å². The normalized spacial score (nSPS) is 11.9. The van der Waals surface area contributed by atoms with Gasteiger partial charge in [-0.2, -0.15) is 0 Å². The molecule has 0 heterocycles. The minimum absolute atomic E-state index is 0.0278. The Hall–Kier alpha value is -1.11. The van der Waals surface area contributed by atoms with Crippen LogP contribution in [-0.2, 0) is 15.8 Å². The molecule has 0 radical (unpaired) electrons. The molecule has 1 aromatic rings. The van der Waals surface area contributed by atoms with Gasteiger partial charge in [0.05, 0.1) is 5.75 Å². The van der Waals surface area contributed by atoms with E-state index in [9.17, 15) is 8.42 Å². The van der Waals surface area contributed by atoms with Crippen molar-refractivity contribution < 1.29 is 8.42 Å². The van der Waals surface area contributed by atoms with Crippen LogP contribution >= 0.6 is 0 Å². The van der Waals surface area contributed by atoms with E-state index in [4.69, 9.17) is 5.73 Å². The lowest BCUT2D eigenvalue weighted by Gasteiger charge is -2.10. The molecule has 0 bridgehead atoms. The number of hydrogen-bond acceptors (Lipinski definition) is 4. The van der Waals surface area contributed by atoms with Crippen molar-refractivity contribution in [3.63, 3.8) is 0 Å². The Morgan fingerprint density at radius 2 is 2.06 bits per heavy atom. The Balaban J connectivity index is 2.45. The summed E-state index contributed by atoms with van der Waals surface area (Å²) in [4.78, 5) is 2.02. The maximum Gasteiger partial charge on any atom is 0.215 e. The van der Waals surface area contributed by atoms with E-state index in [1.807, 2.05) is 19.0 Å². The van der Waals surface area contributed by atoms with Gasteiger partial charge in [0.2, 0.25) is 10.0 Å². The molecule has 3 N–H and O–H groups in total. The number of nitrogens with two attached hydrogens (primary N) is 1. The second-order valence-corrected chi connectivity index (χ2v) is 6.36. The Morgan fingerprint density at radius 3 is 2.67 bits per heavy atom. The van der Waals surface area contributed by atoms with Gasteiger partial charge in [0, 0.05) is 12.2 Å². The van der Waals surface area contributed by atoms with Gasteiger partial charge >= 0.3 is 0 Å². The van der Waals surface area contributed by atoms with Crippen LogP contribution in [0.25, 0.3) is 0 Å². The van der Waals surface area contributed by atoms with Gasteiger partial charge in [-0.1, -0.05) is 12.1 Å². The minimum Gasteiger partial charge on any atom is -0.399 e. The first-order chi connectivity index (χ1) is 8.39. The topological polar surface area (TPSA) is 75.4 Å². The van der Waals surface area contributed by atoms with Gasteiger partial charge in [-0.15, -0.1) is 0 Å². The Kier molecular flexibility index (Phi) is 5.58. The Labute approximate surface area is 109 Å². The van der Waals surface area contributed by atoms with Crippen LogP contribution in [0.5, 0.6) is 0 Å². The third-order valence-corrected chi connectivity index (χ3v) is 3.77. The van der Waals surface area contributed by atoms with Crippen molar-refractivity contribution in [1.82, 2.24) is 9.62 Å². The smallest absolute Gasteiger partial charge is 0.215 e. The molecule has 0 aromatic heterocycles. The maximum atomic E-state index is 11.8. The van der Waals surface area contributed by atoms with Crippen LogP contribution in [0.15, 0.2) is 24.3 Å². The van der Waals surface area contributed by atoms with Gasteiger partial charge in [-0.3, -0.25) is 0 Å². The number of benzene rings is 1. The van der Waals surface area contributed by atoms with E-state index in [1.54, 1.807) is 24.3 Å². The molecule has 0 amide bonds. The van der Waals surface area contributed by atoms with Crippen molar-refractivity contribution in [3.05, 3.63) is 29.8 Å². The predicted molar refractivity (Wildman–Crippen MR) is 74.7 cm³/mol. The van der Waals surface area contributed by atoms with E-state index in [2.05, 4.69) is 4.72 Å². The summed E-state index contributed by atoms with van der Waals surface area (Å²) in [6.45, 7) is 1.32. The van der Waals surface area contributed by atoms with E-state index in [-0.39, 0.29) is 5.75 Å². The van der Waals surface area contributed by atoms with Crippen molar-refractivity contribution >= 4 is 15.7 Å². The van der Waals surface area contributed by atoms with Gasteiger partial charge in [-0.05, 0) is 44.8 Å². The second kappa shape index (κ2) is 6.72. The van der Waals surface area contributed by atoms with Gasteiger partial charge in [0.15, 0.2) is 0 Å². The largest absolute Gasteiger partial charge is 0.399 e. The fourth-order valence-corrected chi connectivity index (χ4v) is 2.75. The van der Waals surface area contributed by atoms with E-state index in [0.29, 0.717) is 17.8 Å². The first-order valence-electron chi connectivity index (χ1n) is 5.85. The molecule has 0 saturated heterocycles. The molecule has 0 aliphatic carbocycles. The Morgan fingerprint density at radius 1 is 1.33 bits per heavy atom. The van der Waals surface area contributed by atoms with Crippen LogP contribution < -0.4 is 10.5 Å². The highest BCUT2D eigenvalue weighted by Crippen LogP contribution is 2.09. The number of nitrogens with zero attached hydrogens (tertiary/aromatic N) is 1. The lowest BCUT2D eigenvalue weighted by Crippen LogP contribution is -2.28. The SMILES string of the molecule is CN(C)CCCNS(=O)(=O)Cc1cccc(N)c1. The molecule has 0 saturated carbocycles. The zero-order chi connectivity index (χ0) is 13.6. The van der Waals surface area contributed by atoms with Crippen LogP contribution in [0.2, 0.25) is 0 Å². The van der Waals surface area contributed by atoms with Crippen molar-refractivity contribution in [1.29, 1.82) is 0 Å².